The van der Waals surface area contributed by atoms with Crippen LogP contribution in [0.2, 0.25) is 0 Å². The van der Waals surface area contributed by atoms with Crippen LogP contribution in [0.5, 0.6) is 5.75 Å². The van der Waals surface area contributed by atoms with E-state index >= 15 is 0 Å². The summed E-state index contributed by atoms with van der Waals surface area (Å²) in [6.07, 6.45) is 3.28. The second-order valence-corrected chi connectivity index (χ2v) is 5.25. The molecule has 16 heavy (non-hydrogen) atoms. The highest BCUT2D eigenvalue weighted by atomic mass is 79.9. The summed E-state index contributed by atoms with van der Waals surface area (Å²) in [7, 11) is 0. The van der Waals surface area contributed by atoms with Crippen LogP contribution < -0.4 is 4.74 Å². The predicted molar refractivity (Wildman–Crippen MR) is 70.8 cm³/mol. The van der Waals surface area contributed by atoms with Crippen molar-refractivity contribution in [3.63, 3.8) is 0 Å². The van der Waals surface area contributed by atoms with Gasteiger partial charge in [0.1, 0.15) is 18.5 Å². The van der Waals surface area contributed by atoms with Gasteiger partial charge in [-0.05, 0) is 50.4 Å². The Morgan fingerprint density at radius 1 is 1.38 bits per heavy atom. The fourth-order valence-corrected chi connectivity index (χ4v) is 2.19. The number of ether oxygens (including phenoxy) is 2. The second-order valence-electron chi connectivity index (χ2n) is 3.60. The second kappa shape index (κ2) is 5.34. The molecular weight excluding hydrogens is 336 g/mol. The Morgan fingerprint density at radius 3 is 2.94 bits per heavy atom. The van der Waals surface area contributed by atoms with E-state index in [-0.39, 0.29) is 6.10 Å². The molecule has 1 saturated heterocycles. The topological polar surface area (TPSA) is 21.8 Å². The third-order valence-corrected chi connectivity index (χ3v) is 4.42. The first-order chi connectivity index (χ1) is 7.72. The summed E-state index contributed by atoms with van der Waals surface area (Å²) in [4.78, 5) is 0. The minimum atomic E-state index is 0.212. The number of benzene rings is 1. The van der Waals surface area contributed by atoms with E-state index < -0.39 is 0 Å². The van der Waals surface area contributed by atoms with E-state index in [0.717, 1.165) is 21.1 Å². The lowest BCUT2D eigenvalue weighted by Crippen LogP contribution is -2.07. The van der Waals surface area contributed by atoms with Crippen molar-refractivity contribution in [2.24, 2.45) is 0 Å². The summed E-state index contributed by atoms with van der Waals surface area (Å²) in [6, 6.07) is 5.84. The number of epoxide rings is 1. The molecule has 2 atom stereocenters. The zero-order valence-corrected chi connectivity index (χ0v) is 11.8. The zero-order chi connectivity index (χ0) is 11.5. The molecule has 1 heterocycles. The quantitative estimate of drug-likeness (QED) is 0.594. The molecule has 86 valence electrons. The minimum Gasteiger partial charge on any atom is -0.490 e. The molecule has 4 heteroatoms. The van der Waals surface area contributed by atoms with Crippen LogP contribution in [0, 0.1) is 0 Å². The van der Waals surface area contributed by atoms with Gasteiger partial charge in [0, 0.05) is 4.47 Å². The summed E-state index contributed by atoms with van der Waals surface area (Å²) in [5.41, 5.74) is 0. The first-order valence-corrected chi connectivity index (χ1v) is 6.64. The lowest BCUT2D eigenvalue weighted by atomic mass is 10.2. The molecule has 1 aliphatic rings. The lowest BCUT2D eigenvalue weighted by molar-refractivity contribution is 0.259. The average molecular weight is 348 g/mol. The van der Waals surface area contributed by atoms with Gasteiger partial charge in [0.15, 0.2) is 0 Å². The molecule has 1 fully saturated rings. The Labute approximate surface area is 112 Å². The van der Waals surface area contributed by atoms with Crippen LogP contribution >= 0.6 is 31.9 Å². The van der Waals surface area contributed by atoms with E-state index in [4.69, 9.17) is 9.47 Å². The van der Waals surface area contributed by atoms with Gasteiger partial charge >= 0.3 is 0 Å². The van der Waals surface area contributed by atoms with Crippen molar-refractivity contribution in [1.82, 2.24) is 0 Å². The molecule has 1 aliphatic heterocycles. The van der Waals surface area contributed by atoms with E-state index in [1.807, 2.05) is 24.3 Å². The zero-order valence-electron chi connectivity index (χ0n) is 8.66. The first-order valence-electron chi connectivity index (χ1n) is 5.05. The van der Waals surface area contributed by atoms with Crippen LogP contribution in [0.25, 0.3) is 0 Å². The molecule has 2 rings (SSSR count). The molecule has 0 radical (unpaired) electrons. The number of hydrogen-bond acceptors (Lipinski definition) is 2. The van der Waals surface area contributed by atoms with Gasteiger partial charge in [-0.3, -0.25) is 0 Å². The van der Waals surface area contributed by atoms with Crippen molar-refractivity contribution in [3.05, 3.63) is 39.8 Å². The van der Waals surface area contributed by atoms with Crippen molar-refractivity contribution >= 4 is 31.9 Å². The van der Waals surface area contributed by atoms with Crippen molar-refractivity contribution in [2.75, 3.05) is 6.61 Å². The van der Waals surface area contributed by atoms with Crippen molar-refractivity contribution in [2.45, 2.75) is 18.6 Å². The van der Waals surface area contributed by atoms with Crippen molar-refractivity contribution < 1.29 is 9.47 Å². The minimum absolute atomic E-state index is 0.212. The van der Waals surface area contributed by atoms with Crippen LogP contribution in [-0.2, 0) is 4.74 Å². The third-order valence-electron chi connectivity index (χ3n) is 2.41. The van der Waals surface area contributed by atoms with Crippen molar-refractivity contribution in [1.29, 1.82) is 0 Å². The lowest BCUT2D eigenvalue weighted by Gasteiger charge is -2.07. The van der Waals surface area contributed by atoms with Crippen LogP contribution in [0.1, 0.15) is 6.42 Å². The van der Waals surface area contributed by atoms with E-state index in [1.54, 1.807) is 0 Å². The van der Waals surface area contributed by atoms with E-state index in [2.05, 4.69) is 38.4 Å². The smallest absolute Gasteiger partial charge is 0.134 e. The van der Waals surface area contributed by atoms with Gasteiger partial charge in [0.25, 0.3) is 0 Å². The van der Waals surface area contributed by atoms with Gasteiger partial charge in [0.2, 0.25) is 0 Å². The monoisotopic (exact) mass is 346 g/mol. The van der Waals surface area contributed by atoms with Crippen LogP contribution in [0.4, 0.5) is 0 Å². The maximum Gasteiger partial charge on any atom is 0.134 e. The highest BCUT2D eigenvalue weighted by Crippen LogP contribution is 2.33. The number of rotatable bonds is 5. The number of hydrogen-bond donors (Lipinski definition) is 0. The number of halogens is 2. The van der Waals surface area contributed by atoms with Gasteiger partial charge in [-0.15, -0.1) is 6.58 Å². The molecular formula is C12H12Br2O2. The summed E-state index contributed by atoms with van der Waals surface area (Å²) in [5.74, 6) is 0.835. The molecule has 2 unspecified atom stereocenters. The van der Waals surface area contributed by atoms with Gasteiger partial charge < -0.3 is 9.47 Å². The van der Waals surface area contributed by atoms with Crippen molar-refractivity contribution in [3.8, 4) is 5.75 Å². The molecule has 1 aromatic carbocycles. The van der Waals surface area contributed by atoms with E-state index in [9.17, 15) is 0 Å². The molecule has 0 aromatic heterocycles. The molecule has 1 aromatic rings. The molecule has 0 N–H and O–H groups in total. The molecule has 2 nitrogen and oxygen atoms in total. The molecule has 0 bridgehead atoms. The summed E-state index contributed by atoms with van der Waals surface area (Å²) >= 11 is 6.90. The molecule has 0 amide bonds. The van der Waals surface area contributed by atoms with E-state index in [0.29, 0.717) is 12.7 Å². The maximum atomic E-state index is 5.68. The Morgan fingerprint density at radius 2 is 2.19 bits per heavy atom. The van der Waals surface area contributed by atoms with Gasteiger partial charge in [-0.2, -0.15) is 0 Å². The highest BCUT2D eigenvalue weighted by Gasteiger charge is 2.38. The van der Waals surface area contributed by atoms with Gasteiger partial charge in [-0.1, -0.05) is 12.1 Å². The SMILES string of the molecule is C=CCC1OC1COc1cccc(Br)c1Br. The highest BCUT2D eigenvalue weighted by molar-refractivity contribution is 9.13. The largest absolute Gasteiger partial charge is 0.490 e. The van der Waals surface area contributed by atoms with Crippen LogP contribution in [-0.4, -0.2) is 18.8 Å². The Bertz CT molecular complexity index is 393. The fraction of sp³-hybridized carbons (Fsp3) is 0.333. The third kappa shape index (κ3) is 2.87. The Hall–Kier alpha value is -0.320. The van der Waals surface area contributed by atoms with E-state index in [1.165, 1.54) is 0 Å². The molecule has 0 spiro atoms. The average Bonchev–Trinajstić information content (AvgIpc) is 3.00. The standard InChI is InChI=1S/C12H12Br2O2/c1-2-4-9-11(16-9)7-15-10-6-3-5-8(13)12(10)14/h2-3,5-6,9,11H,1,4,7H2. The van der Waals surface area contributed by atoms with Gasteiger partial charge in [0.05, 0.1) is 10.6 Å². The molecule has 0 aliphatic carbocycles. The summed E-state index contributed by atoms with van der Waals surface area (Å²) < 4.78 is 13.0. The van der Waals surface area contributed by atoms with Gasteiger partial charge in [-0.25, -0.2) is 0 Å². The predicted octanol–water partition coefficient (Wildman–Crippen LogP) is 3.93. The van der Waals surface area contributed by atoms with Crippen LogP contribution in [0.15, 0.2) is 39.8 Å². The Balaban J connectivity index is 1.86. The fourth-order valence-electron chi connectivity index (χ4n) is 1.46. The normalized spacial score (nSPS) is 22.9. The summed E-state index contributed by atoms with van der Waals surface area (Å²) in [5, 5.41) is 0. The molecule has 0 saturated carbocycles. The first kappa shape index (κ1) is 12.1. The van der Waals surface area contributed by atoms with Crippen LogP contribution in [0.3, 0.4) is 0 Å². The maximum absolute atomic E-state index is 5.68. The summed E-state index contributed by atoms with van der Waals surface area (Å²) in [6.45, 7) is 4.28. The Kier molecular flexibility index (Phi) is 4.05.